The summed E-state index contributed by atoms with van der Waals surface area (Å²) in [5, 5.41) is 9.38. The molecule has 0 radical (unpaired) electrons. The Morgan fingerprint density at radius 1 is 1.41 bits per heavy atom. The van der Waals surface area contributed by atoms with Crippen LogP contribution in [0.25, 0.3) is 0 Å². The van der Waals surface area contributed by atoms with Gasteiger partial charge in [0.15, 0.2) is 0 Å². The molecule has 1 aromatic rings. The van der Waals surface area contributed by atoms with Crippen LogP contribution in [-0.4, -0.2) is 26.8 Å². The molecule has 5 nitrogen and oxygen atoms in total. The van der Waals surface area contributed by atoms with Crippen LogP contribution in [0, 0.1) is 5.41 Å². The van der Waals surface area contributed by atoms with E-state index >= 15 is 0 Å². The standard InChI is InChI=1S/C12H18N2O3/c1-8(15)11(2,3)7-12(4,10(16)17)9-13-5-6-14-9/h5-6H,7H2,1-4H3,(H,13,14)(H,16,17). The Bertz CT molecular complexity index is 423. The third-order valence-corrected chi connectivity index (χ3v) is 3.24. The van der Waals surface area contributed by atoms with Gasteiger partial charge < -0.3 is 10.1 Å². The van der Waals surface area contributed by atoms with E-state index < -0.39 is 16.8 Å². The molecule has 0 bridgehead atoms. The van der Waals surface area contributed by atoms with Crippen LogP contribution in [0.5, 0.6) is 0 Å². The van der Waals surface area contributed by atoms with Gasteiger partial charge in [0.2, 0.25) is 0 Å². The SMILES string of the molecule is CC(=O)C(C)(C)CC(C)(C(=O)O)c1ncc[nH]1. The fourth-order valence-electron chi connectivity index (χ4n) is 1.84. The molecule has 94 valence electrons. The predicted molar refractivity (Wildman–Crippen MR) is 62.7 cm³/mol. The first-order valence-corrected chi connectivity index (χ1v) is 5.44. The summed E-state index contributed by atoms with van der Waals surface area (Å²) in [4.78, 5) is 29.8. The van der Waals surface area contributed by atoms with E-state index in [0.717, 1.165) is 0 Å². The fourth-order valence-corrected chi connectivity index (χ4v) is 1.84. The summed E-state index contributed by atoms with van der Waals surface area (Å²) in [6.45, 7) is 6.56. The van der Waals surface area contributed by atoms with Gasteiger partial charge in [-0.1, -0.05) is 13.8 Å². The molecule has 0 aliphatic carbocycles. The molecule has 0 saturated heterocycles. The number of Topliss-reactive ketones (excluding diaryl/α,β-unsaturated/α-hetero) is 1. The Hall–Kier alpha value is -1.65. The number of carboxylic acids is 1. The first kappa shape index (κ1) is 13.4. The number of ketones is 1. The van der Waals surface area contributed by atoms with Crippen molar-refractivity contribution in [3.8, 4) is 0 Å². The number of aromatic amines is 1. The van der Waals surface area contributed by atoms with Crippen molar-refractivity contribution in [2.45, 2.75) is 39.5 Å². The van der Waals surface area contributed by atoms with Crippen LogP contribution in [0.3, 0.4) is 0 Å². The zero-order chi connectivity index (χ0) is 13.3. The second kappa shape index (κ2) is 4.31. The Morgan fingerprint density at radius 2 is 2.00 bits per heavy atom. The molecule has 17 heavy (non-hydrogen) atoms. The van der Waals surface area contributed by atoms with Gasteiger partial charge in [0.25, 0.3) is 0 Å². The lowest BCUT2D eigenvalue weighted by Crippen LogP contribution is -2.40. The number of hydrogen-bond donors (Lipinski definition) is 2. The Labute approximate surface area is 100 Å². The van der Waals surface area contributed by atoms with Crippen LogP contribution >= 0.6 is 0 Å². The van der Waals surface area contributed by atoms with E-state index in [1.54, 1.807) is 27.0 Å². The quantitative estimate of drug-likeness (QED) is 0.818. The van der Waals surface area contributed by atoms with E-state index in [4.69, 9.17) is 0 Å². The van der Waals surface area contributed by atoms with Crippen LogP contribution < -0.4 is 0 Å². The minimum Gasteiger partial charge on any atom is -0.480 e. The molecule has 0 aliphatic heterocycles. The van der Waals surface area contributed by atoms with E-state index in [2.05, 4.69) is 9.97 Å². The van der Waals surface area contributed by atoms with Crippen molar-refractivity contribution in [1.29, 1.82) is 0 Å². The number of carbonyl (C=O) groups is 2. The fraction of sp³-hybridized carbons (Fsp3) is 0.583. The van der Waals surface area contributed by atoms with Crippen molar-refractivity contribution in [3.05, 3.63) is 18.2 Å². The molecule has 2 N–H and O–H groups in total. The van der Waals surface area contributed by atoms with Gasteiger partial charge in [0.1, 0.15) is 17.0 Å². The lowest BCUT2D eigenvalue weighted by molar-refractivity contribution is -0.145. The number of carboxylic acid groups (broad SMARTS) is 1. The molecule has 5 heteroatoms. The molecule has 1 rings (SSSR count). The minimum atomic E-state index is -1.18. The Balaban J connectivity index is 3.12. The molecule has 1 atom stereocenters. The molecule has 1 heterocycles. The zero-order valence-corrected chi connectivity index (χ0v) is 10.6. The lowest BCUT2D eigenvalue weighted by Gasteiger charge is -2.31. The third-order valence-electron chi connectivity index (χ3n) is 3.24. The van der Waals surface area contributed by atoms with Crippen molar-refractivity contribution in [2.75, 3.05) is 0 Å². The van der Waals surface area contributed by atoms with Gasteiger partial charge in [-0.15, -0.1) is 0 Å². The smallest absolute Gasteiger partial charge is 0.317 e. The number of imidazole rings is 1. The van der Waals surface area contributed by atoms with E-state index in [9.17, 15) is 14.7 Å². The summed E-state index contributed by atoms with van der Waals surface area (Å²) < 4.78 is 0. The Kier molecular flexibility index (Phi) is 3.40. The summed E-state index contributed by atoms with van der Waals surface area (Å²) in [6.07, 6.45) is 3.30. The van der Waals surface area contributed by atoms with E-state index in [-0.39, 0.29) is 12.2 Å². The first-order valence-electron chi connectivity index (χ1n) is 5.44. The summed E-state index contributed by atoms with van der Waals surface area (Å²) in [7, 11) is 0. The summed E-state index contributed by atoms with van der Waals surface area (Å²) in [5.74, 6) is -0.641. The first-order chi connectivity index (χ1) is 7.70. The molecular formula is C12H18N2O3. The highest BCUT2D eigenvalue weighted by Crippen LogP contribution is 2.36. The van der Waals surface area contributed by atoms with Gasteiger partial charge in [0, 0.05) is 17.8 Å². The number of rotatable bonds is 5. The van der Waals surface area contributed by atoms with Crippen LogP contribution in [0.2, 0.25) is 0 Å². The highest BCUT2D eigenvalue weighted by atomic mass is 16.4. The van der Waals surface area contributed by atoms with Crippen molar-refractivity contribution < 1.29 is 14.7 Å². The maximum absolute atomic E-state index is 11.5. The topological polar surface area (TPSA) is 83.1 Å². The zero-order valence-electron chi connectivity index (χ0n) is 10.6. The third kappa shape index (κ3) is 2.54. The average molecular weight is 238 g/mol. The predicted octanol–water partition coefficient (Wildman–Crippen LogP) is 1.76. The number of nitrogens with zero attached hydrogens (tertiary/aromatic N) is 1. The van der Waals surface area contributed by atoms with E-state index in [0.29, 0.717) is 5.82 Å². The molecule has 0 amide bonds. The van der Waals surface area contributed by atoms with Crippen molar-refractivity contribution >= 4 is 11.8 Å². The number of aliphatic carboxylic acids is 1. The molecule has 0 spiro atoms. The van der Waals surface area contributed by atoms with Gasteiger partial charge in [-0.3, -0.25) is 9.59 Å². The van der Waals surface area contributed by atoms with Crippen LogP contribution in [0.4, 0.5) is 0 Å². The highest BCUT2D eigenvalue weighted by Gasteiger charge is 2.44. The number of hydrogen-bond acceptors (Lipinski definition) is 3. The number of carbonyl (C=O) groups excluding carboxylic acids is 1. The molecule has 0 saturated carbocycles. The van der Waals surface area contributed by atoms with Crippen LogP contribution in [-0.2, 0) is 15.0 Å². The maximum atomic E-state index is 11.5. The Morgan fingerprint density at radius 3 is 2.35 bits per heavy atom. The average Bonchev–Trinajstić information content (AvgIpc) is 2.69. The summed E-state index contributed by atoms with van der Waals surface area (Å²) >= 11 is 0. The van der Waals surface area contributed by atoms with Gasteiger partial charge in [-0.05, 0) is 20.3 Å². The molecule has 1 aromatic heterocycles. The monoisotopic (exact) mass is 238 g/mol. The van der Waals surface area contributed by atoms with E-state index in [1.807, 2.05) is 0 Å². The summed E-state index contributed by atoms with van der Waals surface area (Å²) in [5.41, 5.74) is -1.88. The number of aromatic nitrogens is 2. The minimum absolute atomic E-state index is 0.0310. The van der Waals surface area contributed by atoms with Crippen molar-refractivity contribution in [2.24, 2.45) is 5.41 Å². The highest BCUT2D eigenvalue weighted by molar-refractivity contribution is 5.85. The molecule has 0 aromatic carbocycles. The van der Waals surface area contributed by atoms with Crippen molar-refractivity contribution in [3.63, 3.8) is 0 Å². The molecule has 0 fully saturated rings. The van der Waals surface area contributed by atoms with Gasteiger partial charge in [-0.2, -0.15) is 0 Å². The second-order valence-electron chi connectivity index (χ2n) is 5.19. The number of nitrogens with one attached hydrogen (secondary N) is 1. The second-order valence-corrected chi connectivity index (χ2v) is 5.19. The van der Waals surface area contributed by atoms with Crippen LogP contribution in [0.15, 0.2) is 12.4 Å². The van der Waals surface area contributed by atoms with E-state index in [1.165, 1.54) is 13.1 Å². The maximum Gasteiger partial charge on any atom is 0.317 e. The number of H-pyrrole nitrogens is 1. The van der Waals surface area contributed by atoms with Gasteiger partial charge in [-0.25, -0.2) is 4.98 Å². The van der Waals surface area contributed by atoms with Gasteiger partial charge >= 0.3 is 5.97 Å². The van der Waals surface area contributed by atoms with Crippen molar-refractivity contribution in [1.82, 2.24) is 9.97 Å². The molecular weight excluding hydrogens is 220 g/mol. The lowest BCUT2D eigenvalue weighted by atomic mass is 9.71. The molecule has 1 unspecified atom stereocenters. The van der Waals surface area contributed by atoms with Crippen LogP contribution in [0.1, 0.15) is 39.9 Å². The van der Waals surface area contributed by atoms with Gasteiger partial charge in [0.05, 0.1) is 0 Å². The molecule has 0 aliphatic rings. The largest absolute Gasteiger partial charge is 0.480 e. The normalized spacial score (nSPS) is 15.3. The summed E-state index contributed by atoms with van der Waals surface area (Å²) in [6, 6.07) is 0.